The molecule has 2 N–H and O–H groups in total. The van der Waals surface area contributed by atoms with E-state index in [-0.39, 0.29) is 17.3 Å². The highest BCUT2D eigenvalue weighted by Crippen LogP contribution is 2.30. The molecule has 0 aromatic heterocycles. The largest absolute Gasteiger partial charge is 0.312 e. The number of fused-ring (bicyclic) bond motifs is 2. The van der Waals surface area contributed by atoms with E-state index in [1.807, 2.05) is 36.4 Å². The molecule has 0 fully saturated rings. The first-order valence-corrected chi connectivity index (χ1v) is 9.93. The minimum atomic E-state index is -3.71. The molecule has 26 heavy (non-hydrogen) atoms. The van der Waals surface area contributed by atoms with E-state index in [1.54, 1.807) is 18.2 Å². The smallest absolute Gasteiger partial charge is 0.262 e. The van der Waals surface area contributed by atoms with Gasteiger partial charge in [-0.05, 0) is 48.4 Å². The van der Waals surface area contributed by atoms with Crippen LogP contribution in [-0.4, -0.2) is 15.0 Å². The van der Waals surface area contributed by atoms with Crippen LogP contribution in [0.25, 0.3) is 10.8 Å². The van der Waals surface area contributed by atoms with E-state index in [0.29, 0.717) is 16.1 Å². The van der Waals surface area contributed by atoms with Gasteiger partial charge in [0.2, 0.25) is 0 Å². The van der Waals surface area contributed by atoms with Gasteiger partial charge in [0.1, 0.15) is 0 Å². The molecule has 3 aromatic carbocycles. The Bertz CT molecular complexity index is 1070. The predicted octanol–water partition coefficient (Wildman–Crippen LogP) is 4.36. The number of sulfonamides is 1. The van der Waals surface area contributed by atoms with E-state index in [4.69, 9.17) is 11.6 Å². The summed E-state index contributed by atoms with van der Waals surface area (Å²) in [6.45, 7) is 1.71. The molecule has 4 rings (SSSR count). The molecule has 0 amide bonds. The van der Waals surface area contributed by atoms with Gasteiger partial charge in [0, 0.05) is 28.0 Å². The van der Waals surface area contributed by atoms with Crippen molar-refractivity contribution in [2.45, 2.75) is 17.9 Å². The maximum absolute atomic E-state index is 12.9. The lowest BCUT2D eigenvalue weighted by molar-refractivity contribution is 0.602. The predicted molar refractivity (Wildman–Crippen MR) is 109 cm³/mol. The topological polar surface area (TPSA) is 58.2 Å². The van der Waals surface area contributed by atoms with Crippen LogP contribution in [0.2, 0.25) is 5.02 Å². The monoisotopic (exact) mass is 408 g/mol. The Morgan fingerprint density at radius 1 is 0.962 bits per heavy atom. The third-order valence-electron chi connectivity index (χ3n) is 4.47. The van der Waals surface area contributed by atoms with Gasteiger partial charge in [-0.1, -0.05) is 41.9 Å². The number of hydrogen-bond acceptors (Lipinski definition) is 3. The summed E-state index contributed by atoms with van der Waals surface area (Å²) in [5, 5.41) is 5.17. The lowest BCUT2D eigenvalue weighted by atomic mass is 10.0. The molecule has 1 heterocycles. The Hall–Kier alpha value is -1.79. The lowest BCUT2D eigenvalue weighted by Crippen LogP contribution is -2.23. The fraction of sp³-hybridized carbons (Fsp3) is 0.158. The summed E-state index contributed by atoms with van der Waals surface area (Å²) in [5.74, 6) is 0. The summed E-state index contributed by atoms with van der Waals surface area (Å²) >= 11 is 6.20. The third kappa shape index (κ3) is 3.53. The van der Waals surface area contributed by atoms with Crippen molar-refractivity contribution in [3.05, 3.63) is 70.7 Å². The van der Waals surface area contributed by atoms with Crippen LogP contribution in [0.1, 0.15) is 11.1 Å². The molecule has 0 unspecified atom stereocenters. The number of anilines is 1. The van der Waals surface area contributed by atoms with E-state index in [0.717, 1.165) is 30.5 Å². The van der Waals surface area contributed by atoms with Gasteiger partial charge in [0.05, 0.1) is 4.90 Å². The van der Waals surface area contributed by atoms with Gasteiger partial charge in [-0.15, -0.1) is 12.4 Å². The molecule has 4 nitrogen and oxygen atoms in total. The molecule has 0 radical (unpaired) electrons. The van der Waals surface area contributed by atoms with Crippen LogP contribution < -0.4 is 10.0 Å². The first-order valence-electron chi connectivity index (χ1n) is 8.07. The average molecular weight is 409 g/mol. The quantitative estimate of drug-likeness (QED) is 0.676. The van der Waals surface area contributed by atoms with Crippen molar-refractivity contribution in [2.75, 3.05) is 11.3 Å². The highest BCUT2D eigenvalue weighted by atomic mass is 35.5. The normalized spacial score (nSPS) is 13.7. The molecule has 0 bridgehead atoms. The van der Waals surface area contributed by atoms with Crippen molar-refractivity contribution in [3.8, 4) is 0 Å². The maximum atomic E-state index is 12.9. The Labute approximate surface area is 164 Å². The van der Waals surface area contributed by atoms with Gasteiger partial charge in [-0.3, -0.25) is 4.72 Å². The third-order valence-corrected chi connectivity index (χ3v) is 6.23. The van der Waals surface area contributed by atoms with Crippen molar-refractivity contribution in [2.24, 2.45) is 0 Å². The molecule has 0 atom stereocenters. The standard InChI is InChI=1S/C19H17ClN2O2S.ClH/c20-18-7-8-19(17-4-2-1-3-16(17)18)25(23,24)22-15-6-5-13-9-10-21-12-14(13)11-15;/h1-8,11,21-22H,9-10,12H2;1H. The number of benzene rings is 3. The molecule has 7 heteroatoms. The summed E-state index contributed by atoms with van der Waals surface area (Å²) in [7, 11) is -3.71. The molecule has 3 aromatic rings. The Balaban J connectivity index is 0.00000196. The van der Waals surface area contributed by atoms with E-state index in [1.165, 1.54) is 5.56 Å². The molecule has 0 saturated carbocycles. The van der Waals surface area contributed by atoms with Crippen molar-refractivity contribution in [1.82, 2.24) is 5.32 Å². The van der Waals surface area contributed by atoms with Crippen LogP contribution in [0.15, 0.2) is 59.5 Å². The molecular weight excluding hydrogens is 391 g/mol. The SMILES string of the molecule is Cl.O=S(=O)(Nc1ccc2c(c1)CNCC2)c1ccc(Cl)c2ccccc12. The Morgan fingerprint density at radius 2 is 1.73 bits per heavy atom. The van der Waals surface area contributed by atoms with Crippen LogP contribution in [0, 0.1) is 0 Å². The summed E-state index contributed by atoms with van der Waals surface area (Å²) < 4.78 is 28.5. The highest BCUT2D eigenvalue weighted by molar-refractivity contribution is 7.93. The number of hydrogen-bond donors (Lipinski definition) is 2. The van der Waals surface area contributed by atoms with Gasteiger partial charge in [-0.25, -0.2) is 8.42 Å². The molecule has 0 saturated heterocycles. The van der Waals surface area contributed by atoms with Gasteiger partial charge in [0.25, 0.3) is 10.0 Å². The van der Waals surface area contributed by atoms with Gasteiger partial charge in [-0.2, -0.15) is 0 Å². The van der Waals surface area contributed by atoms with Crippen LogP contribution in [0.3, 0.4) is 0 Å². The molecule has 136 valence electrons. The Morgan fingerprint density at radius 3 is 2.54 bits per heavy atom. The first kappa shape index (κ1) is 19.0. The molecule has 1 aliphatic heterocycles. The van der Waals surface area contributed by atoms with Gasteiger partial charge >= 0.3 is 0 Å². The second kappa shape index (κ2) is 7.45. The van der Waals surface area contributed by atoms with Crippen LogP contribution >= 0.6 is 24.0 Å². The van der Waals surface area contributed by atoms with Crippen molar-refractivity contribution < 1.29 is 8.42 Å². The minimum Gasteiger partial charge on any atom is -0.312 e. The van der Waals surface area contributed by atoms with Crippen LogP contribution in [0.5, 0.6) is 0 Å². The summed E-state index contributed by atoms with van der Waals surface area (Å²) in [6.07, 6.45) is 0.962. The number of nitrogens with one attached hydrogen (secondary N) is 2. The van der Waals surface area contributed by atoms with Gasteiger partial charge in [0.15, 0.2) is 0 Å². The second-order valence-electron chi connectivity index (χ2n) is 6.11. The molecule has 0 spiro atoms. The van der Waals surface area contributed by atoms with Crippen LogP contribution in [-0.2, 0) is 23.0 Å². The van der Waals surface area contributed by atoms with Crippen LogP contribution in [0.4, 0.5) is 5.69 Å². The van der Waals surface area contributed by atoms with E-state index in [9.17, 15) is 8.42 Å². The fourth-order valence-corrected chi connectivity index (χ4v) is 4.71. The van der Waals surface area contributed by atoms with Crippen molar-refractivity contribution in [1.29, 1.82) is 0 Å². The number of halogens is 2. The zero-order chi connectivity index (χ0) is 17.4. The number of rotatable bonds is 3. The van der Waals surface area contributed by atoms with Gasteiger partial charge < -0.3 is 5.32 Å². The first-order chi connectivity index (χ1) is 12.0. The average Bonchev–Trinajstić information content (AvgIpc) is 2.61. The maximum Gasteiger partial charge on any atom is 0.262 e. The van der Waals surface area contributed by atoms with E-state index < -0.39 is 10.0 Å². The van der Waals surface area contributed by atoms with E-state index in [2.05, 4.69) is 10.0 Å². The van der Waals surface area contributed by atoms with E-state index >= 15 is 0 Å². The minimum absolute atomic E-state index is 0. The molecular formula is C19H18Cl2N2O2S. The highest BCUT2D eigenvalue weighted by Gasteiger charge is 2.19. The molecule has 1 aliphatic rings. The zero-order valence-corrected chi connectivity index (χ0v) is 16.2. The summed E-state index contributed by atoms with van der Waals surface area (Å²) in [5.41, 5.74) is 2.97. The zero-order valence-electron chi connectivity index (χ0n) is 13.8. The second-order valence-corrected chi connectivity index (χ2v) is 8.16. The van der Waals surface area contributed by atoms with Crippen molar-refractivity contribution in [3.63, 3.8) is 0 Å². The summed E-state index contributed by atoms with van der Waals surface area (Å²) in [4.78, 5) is 0.225. The van der Waals surface area contributed by atoms with Crippen molar-refractivity contribution >= 4 is 50.5 Å². The fourth-order valence-electron chi connectivity index (χ4n) is 3.22. The Kier molecular flexibility index (Phi) is 5.44. The lowest BCUT2D eigenvalue weighted by Gasteiger charge is -2.18. The summed E-state index contributed by atoms with van der Waals surface area (Å²) in [6, 6.07) is 16.1. The molecule has 0 aliphatic carbocycles.